The monoisotopic (exact) mass is 438 g/mol. The number of allylic oxidation sites excluding steroid dienone is 3. The van der Waals surface area contributed by atoms with Crippen LogP contribution in [0.25, 0.3) is 0 Å². The van der Waals surface area contributed by atoms with E-state index in [1.165, 1.54) is 31.3 Å². The van der Waals surface area contributed by atoms with Crippen molar-refractivity contribution in [2.75, 3.05) is 6.61 Å². The fraction of sp³-hybridized carbons (Fsp3) is 0.571. The Kier molecular flexibility index (Phi) is 6.83. The number of hydrogen-bond donors (Lipinski definition) is 3. The van der Waals surface area contributed by atoms with E-state index in [2.05, 4.69) is 32.6 Å². The third-order valence-corrected chi connectivity index (χ3v) is 8.32. The Labute approximate surface area is 192 Å². The molecule has 4 rings (SSSR count). The van der Waals surface area contributed by atoms with Crippen LogP contribution in [0.3, 0.4) is 0 Å². The standard InChI is InChI=1S/C28H38O4/c1-18(17-32-24-8-4-7-22(29)15-24)25-11-12-26-20(6-5-13-28(25,26)3)9-10-21-14-23(30)16-27(31)19(21)2/h4,7-10,15,18,23,25-27,29-31H,2,5-6,11-14,16-17H2,1,3H3/b20-9+,21-10-/t18-,23+,25?,26?,27-,28+/m0/s1. The van der Waals surface area contributed by atoms with Crippen molar-refractivity contribution in [1.29, 1.82) is 0 Å². The Bertz CT molecular complexity index is 900. The van der Waals surface area contributed by atoms with Crippen LogP contribution in [-0.4, -0.2) is 34.1 Å². The molecule has 0 aliphatic heterocycles. The summed E-state index contributed by atoms with van der Waals surface area (Å²) in [5.74, 6) is 2.58. The Morgan fingerprint density at radius 2 is 2.06 bits per heavy atom. The first-order valence-corrected chi connectivity index (χ1v) is 12.1. The number of aliphatic hydroxyl groups excluding tert-OH is 2. The average molecular weight is 439 g/mol. The van der Waals surface area contributed by atoms with Gasteiger partial charge in [0.2, 0.25) is 0 Å². The van der Waals surface area contributed by atoms with Gasteiger partial charge in [-0.25, -0.2) is 0 Å². The van der Waals surface area contributed by atoms with Gasteiger partial charge in [0.25, 0.3) is 0 Å². The Morgan fingerprint density at radius 1 is 1.25 bits per heavy atom. The van der Waals surface area contributed by atoms with Crippen molar-refractivity contribution in [1.82, 2.24) is 0 Å². The molecule has 3 saturated carbocycles. The zero-order valence-corrected chi connectivity index (χ0v) is 19.5. The van der Waals surface area contributed by atoms with E-state index in [0.717, 1.165) is 23.3 Å². The average Bonchev–Trinajstić information content (AvgIpc) is 3.11. The summed E-state index contributed by atoms with van der Waals surface area (Å²) in [6.07, 6.45) is 10.2. The molecule has 1 aromatic carbocycles. The van der Waals surface area contributed by atoms with Crippen LogP contribution >= 0.6 is 0 Å². The first-order chi connectivity index (χ1) is 15.3. The highest BCUT2D eigenvalue weighted by molar-refractivity contribution is 5.38. The molecular formula is C28H38O4. The van der Waals surface area contributed by atoms with Crippen LogP contribution in [0.2, 0.25) is 0 Å². The van der Waals surface area contributed by atoms with E-state index in [9.17, 15) is 15.3 Å². The summed E-state index contributed by atoms with van der Waals surface area (Å²) in [4.78, 5) is 0. The zero-order chi connectivity index (χ0) is 22.9. The summed E-state index contributed by atoms with van der Waals surface area (Å²) in [5, 5.41) is 29.9. The Morgan fingerprint density at radius 3 is 2.84 bits per heavy atom. The Balaban J connectivity index is 1.46. The maximum atomic E-state index is 10.1. The van der Waals surface area contributed by atoms with Crippen LogP contribution < -0.4 is 4.74 Å². The topological polar surface area (TPSA) is 69.9 Å². The van der Waals surface area contributed by atoms with E-state index in [4.69, 9.17) is 4.74 Å². The van der Waals surface area contributed by atoms with E-state index in [0.29, 0.717) is 37.2 Å². The summed E-state index contributed by atoms with van der Waals surface area (Å²) in [6, 6.07) is 7.05. The number of phenols is 1. The second kappa shape index (κ2) is 9.44. The van der Waals surface area contributed by atoms with Crippen LogP contribution in [-0.2, 0) is 0 Å². The van der Waals surface area contributed by atoms with Gasteiger partial charge < -0.3 is 20.1 Å². The van der Waals surface area contributed by atoms with E-state index < -0.39 is 12.2 Å². The third-order valence-electron chi connectivity index (χ3n) is 8.32. The molecule has 0 aromatic heterocycles. The molecule has 6 atom stereocenters. The summed E-state index contributed by atoms with van der Waals surface area (Å²) in [7, 11) is 0. The molecule has 0 spiro atoms. The summed E-state index contributed by atoms with van der Waals surface area (Å²) < 4.78 is 6.03. The highest BCUT2D eigenvalue weighted by Gasteiger charge is 2.50. The zero-order valence-electron chi connectivity index (χ0n) is 19.5. The predicted octanol–water partition coefficient (Wildman–Crippen LogP) is 5.55. The molecule has 3 fully saturated rings. The van der Waals surface area contributed by atoms with E-state index in [1.807, 2.05) is 12.1 Å². The molecule has 3 aliphatic rings. The minimum absolute atomic E-state index is 0.236. The number of rotatable bonds is 5. The van der Waals surface area contributed by atoms with Crippen molar-refractivity contribution in [2.45, 2.75) is 71.0 Å². The van der Waals surface area contributed by atoms with Gasteiger partial charge in [-0.2, -0.15) is 0 Å². The second-order valence-corrected chi connectivity index (χ2v) is 10.4. The minimum Gasteiger partial charge on any atom is -0.508 e. The molecule has 3 aliphatic carbocycles. The fourth-order valence-corrected chi connectivity index (χ4v) is 6.60. The van der Waals surface area contributed by atoms with Crippen LogP contribution in [0, 0.1) is 23.2 Å². The number of phenolic OH excluding ortho intramolecular Hbond substituents is 1. The molecule has 0 radical (unpaired) electrons. The van der Waals surface area contributed by atoms with Gasteiger partial charge in [-0.05, 0) is 85.0 Å². The molecule has 174 valence electrons. The van der Waals surface area contributed by atoms with Crippen LogP contribution in [0.15, 0.2) is 59.7 Å². The summed E-state index contributed by atoms with van der Waals surface area (Å²) >= 11 is 0. The van der Waals surface area contributed by atoms with Crippen molar-refractivity contribution < 1.29 is 20.1 Å². The third kappa shape index (κ3) is 4.67. The first-order valence-electron chi connectivity index (χ1n) is 12.1. The van der Waals surface area contributed by atoms with Gasteiger partial charge in [-0.15, -0.1) is 0 Å². The summed E-state index contributed by atoms with van der Waals surface area (Å²) in [5.41, 5.74) is 3.52. The lowest BCUT2D eigenvalue weighted by Gasteiger charge is -2.44. The number of ether oxygens (including phenoxy) is 1. The van der Waals surface area contributed by atoms with Gasteiger partial charge in [-0.3, -0.25) is 0 Å². The van der Waals surface area contributed by atoms with Gasteiger partial charge in [0.1, 0.15) is 11.5 Å². The maximum absolute atomic E-state index is 10.1. The Hall–Kier alpha value is -2.04. The fourth-order valence-electron chi connectivity index (χ4n) is 6.60. The second-order valence-electron chi connectivity index (χ2n) is 10.4. The number of aromatic hydroxyl groups is 1. The van der Waals surface area contributed by atoms with E-state index in [-0.39, 0.29) is 11.2 Å². The molecular weight excluding hydrogens is 400 g/mol. The van der Waals surface area contributed by atoms with Crippen LogP contribution in [0.1, 0.15) is 58.8 Å². The number of benzene rings is 1. The van der Waals surface area contributed by atoms with Gasteiger partial charge in [0.05, 0.1) is 18.8 Å². The molecule has 4 nitrogen and oxygen atoms in total. The smallest absolute Gasteiger partial charge is 0.122 e. The van der Waals surface area contributed by atoms with Crippen molar-refractivity contribution in [3.8, 4) is 11.5 Å². The van der Waals surface area contributed by atoms with Gasteiger partial charge in [0.15, 0.2) is 0 Å². The minimum atomic E-state index is -0.636. The van der Waals surface area contributed by atoms with E-state index in [1.54, 1.807) is 12.1 Å². The van der Waals surface area contributed by atoms with Crippen molar-refractivity contribution in [3.05, 3.63) is 59.7 Å². The predicted molar refractivity (Wildman–Crippen MR) is 127 cm³/mol. The molecule has 2 unspecified atom stereocenters. The van der Waals surface area contributed by atoms with Gasteiger partial charge in [0, 0.05) is 12.5 Å². The first kappa shape index (κ1) is 23.1. The lowest BCUT2D eigenvalue weighted by atomic mass is 9.61. The van der Waals surface area contributed by atoms with Crippen LogP contribution in [0.4, 0.5) is 0 Å². The number of hydrogen-bond acceptors (Lipinski definition) is 4. The SMILES string of the molecule is C=C1/C(=C\C=C2/CCC[C@@]3(C)C2CCC3[C@@H](C)COc2cccc(O)c2)C[C@@H](O)C[C@@H]1O. The molecule has 4 heteroatoms. The normalized spacial score (nSPS) is 36.3. The molecule has 0 amide bonds. The number of fused-ring (bicyclic) bond motifs is 1. The quantitative estimate of drug-likeness (QED) is 0.564. The van der Waals surface area contributed by atoms with Gasteiger partial charge in [-0.1, -0.05) is 44.2 Å². The van der Waals surface area contributed by atoms with Gasteiger partial charge >= 0.3 is 0 Å². The number of aliphatic hydroxyl groups is 2. The molecule has 3 N–H and O–H groups in total. The molecule has 0 bridgehead atoms. The largest absolute Gasteiger partial charge is 0.508 e. The lowest BCUT2D eigenvalue weighted by molar-refractivity contribution is 0.0746. The van der Waals surface area contributed by atoms with Crippen LogP contribution in [0.5, 0.6) is 11.5 Å². The maximum Gasteiger partial charge on any atom is 0.122 e. The highest BCUT2D eigenvalue weighted by atomic mass is 16.5. The summed E-state index contributed by atoms with van der Waals surface area (Å²) in [6.45, 7) is 9.48. The molecule has 0 saturated heterocycles. The molecule has 1 aromatic rings. The lowest BCUT2D eigenvalue weighted by Crippen LogP contribution is -2.37. The van der Waals surface area contributed by atoms with Crippen molar-refractivity contribution in [3.63, 3.8) is 0 Å². The highest BCUT2D eigenvalue weighted by Crippen LogP contribution is 2.59. The van der Waals surface area contributed by atoms with Crippen molar-refractivity contribution >= 4 is 0 Å². The molecule has 0 heterocycles. The van der Waals surface area contributed by atoms with E-state index >= 15 is 0 Å². The molecule has 32 heavy (non-hydrogen) atoms. The van der Waals surface area contributed by atoms with Crippen molar-refractivity contribution in [2.24, 2.45) is 23.2 Å².